The Hall–Kier alpha value is -1.28. The summed E-state index contributed by atoms with van der Waals surface area (Å²) in [6, 6.07) is 3.95. The van der Waals surface area contributed by atoms with Crippen LogP contribution in [0.1, 0.15) is 18.4 Å². The van der Waals surface area contributed by atoms with Crippen LogP contribution in [0.4, 0.5) is 0 Å². The van der Waals surface area contributed by atoms with Crippen LogP contribution in [-0.4, -0.2) is 5.91 Å². The Morgan fingerprint density at radius 1 is 1.79 bits per heavy atom. The molecule has 1 amide bonds. The first kappa shape index (κ1) is 9.28. The molecule has 72 valence electrons. The van der Waals surface area contributed by atoms with E-state index in [4.69, 9.17) is 5.26 Å². The second-order valence-corrected chi connectivity index (χ2v) is 4.09. The molecule has 1 aromatic carbocycles. The quantitative estimate of drug-likeness (QED) is 0.744. The zero-order valence-electron chi connectivity index (χ0n) is 7.70. The lowest BCUT2D eigenvalue weighted by molar-refractivity contribution is -0.122. The number of nitriles is 1. The molecule has 0 aromatic heterocycles. The topological polar surface area (TPSA) is 65.2 Å². The molecule has 14 heavy (non-hydrogen) atoms. The van der Waals surface area contributed by atoms with E-state index in [1.165, 1.54) is 0 Å². The van der Waals surface area contributed by atoms with E-state index in [0.29, 0.717) is 12.8 Å². The number of rotatable bonds is 3. The number of hydrogen-bond donors (Lipinski definition) is 1. The lowest BCUT2D eigenvalue weighted by Gasteiger charge is -2.02. The highest BCUT2D eigenvalue weighted by atomic mass is 32.2. The third-order valence-corrected chi connectivity index (χ3v) is 2.92. The number of nitrogens with zero attached hydrogens (tertiary/aromatic N) is 2. The summed E-state index contributed by atoms with van der Waals surface area (Å²) in [5, 5.41) is 9.65. The SMILES string of the molecule is Cc1cc1=NSNC(=O)C1(C#N)CC1. The van der Waals surface area contributed by atoms with Crippen LogP contribution in [0.3, 0.4) is 0 Å². The van der Waals surface area contributed by atoms with Gasteiger partial charge in [-0.05, 0) is 31.4 Å². The van der Waals surface area contributed by atoms with Crippen molar-refractivity contribution in [2.45, 2.75) is 19.8 Å². The maximum absolute atomic E-state index is 11.4. The zero-order valence-corrected chi connectivity index (χ0v) is 8.52. The summed E-state index contributed by atoms with van der Waals surface area (Å²) < 4.78 is 6.59. The Bertz CT molecular complexity index is 432. The minimum atomic E-state index is -0.751. The minimum Gasteiger partial charge on any atom is -0.279 e. The molecule has 1 fully saturated rings. The van der Waals surface area contributed by atoms with Crippen LogP contribution in [0.5, 0.6) is 0 Å². The van der Waals surface area contributed by atoms with Gasteiger partial charge in [-0.25, -0.2) is 0 Å². The van der Waals surface area contributed by atoms with Gasteiger partial charge in [-0.2, -0.15) is 9.66 Å². The molecule has 1 aliphatic rings. The van der Waals surface area contributed by atoms with Gasteiger partial charge in [0.05, 0.1) is 23.6 Å². The van der Waals surface area contributed by atoms with Crippen molar-refractivity contribution in [2.24, 2.45) is 9.81 Å². The molecular weight excluding hydrogens is 198 g/mol. The van der Waals surface area contributed by atoms with Crippen molar-refractivity contribution in [1.29, 1.82) is 5.26 Å². The van der Waals surface area contributed by atoms with Gasteiger partial charge in [0, 0.05) is 0 Å². The second kappa shape index (κ2) is 3.14. The summed E-state index contributed by atoms with van der Waals surface area (Å²) in [4.78, 5) is 11.4. The molecule has 5 heteroatoms. The Kier molecular flexibility index (Phi) is 2.08. The van der Waals surface area contributed by atoms with E-state index in [9.17, 15) is 4.79 Å². The van der Waals surface area contributed by atoms with Crippen LogP contribution in [0.25, 0.3) is 0 Å². The highest BCUT2D eigenvalue weighted by molar-refractivity contribution is 7.96. The molecule has 0 aliphatic heterocycles. The van der Waals surface area contributed by atoms with Gasteiger partial charge >= 0.3 is 0 Å². The van der Waals surface area contributed by atoms with Crippen molar-refractivity contribution >= 4 is 18.0 Å². The lowest BCUT2D eigenvalue weighted by Crippen LogP contribution is -2.25. The molecule has 1 saturated carbocycles. The maximum atomic E-state index is 11.4. The normalized spacial score (nSPS) is 19.3. The largest absolute Gasteiger partial charge is 0.279 e. The van der Waals surface area contributed by atoms with Crippen molar-refractivity contribution in [3.8, 4) is 6.07 Å². The molecule has 0 bridgehead atoms. The summed E-state index contributed by atoms with van der Waals surface area (Å²) in [5.74, 6) is -0.215. The van der Waals surface area contributed by atoms with Crippen LogP contribution < -0.4 is 10.1 Å². The van der Waals surface area contributed by atoms with Crippen molar-refractivity contribution in [3.05, 3.63) is 17.0 Å². The van der Waals surface area contributed by atoms with Crippen LogP contribution in [0, 0.1) is 23.7 Å². The van der Waals surface area contributed by atoms with Gasteiger partial charge in [0.25, 0.3) is 5.91 Å². The van der Waals surface area contributed by atoms with Gasteiger partial charge in [0.2, 0.25) is 0 Å². The first-order valence-electron chi connectivity index (χ1n) is 4.32. The van der Waals surface area contributed by atoms with E-state index in [1.807, 2.05) is 19.1 Å². The van der Waals surface area contributed by atoms with Crippen molar-refractivity contribution in [2.75, 3.05) is 0 Å². The standard InChI is InChI=1S/C9H9N3OS/c1-6-4-7(6)11-14-12-8(13)9(5-10)2-3-9/h4H,2-3H2,1H3,(H,12,13). The molecule has 0 saturated heterocycles. The van der Waals surface area contributed by atoms with Crippen LogP contribution in [0.2, 0.25) is 0 Å². The highest BCUT2D eigenvalue weighted by Gasteiger charge is 2.50. The van der Waals surface area contributed by atoms with E-state index in [1.54, 1.807) is 0 Å². The number of nitrogens with one attached hydrogen (secondary N) is 1. The number of aryl methyl sites for hydroxylation is 1. The average Bonchev–Trinajstić information content (AvgIpc) is 3.04. The minimum absolute atomic E-state index is 0.215. The first-order valence-corrected chi connectivity index (χ1v) is 5.10. The zero-order chi connectivity index (χ0) is 10.2. The molecule has 1 aromatic rings. The summed E-state index contributed by atoms with van der Waals surface area (Å²) in [5.41, 5.74) is 0.396. The van der Waals surface area contributed by atoms with Crippen molar-refractivity contribution in [3.63, 3.8) is 0 Å². The van der Waals surface area contributed by atoms with Gasteiger partial charge in [-0.1, -0.05) is 0 Å². The number of hydrogen-bond acceptors (Lipinski definition) is 4. The smallest absolute Gasteiger partial charge is 0.251 e. The summed E-state index contributed by atoms with van der Waals surface area (Å²) in [6.45, 7) is 1.96. The number of carbonyl (C=O) groups excluding carboxylic acids is 1. The molecule has 1 N–H and O–H groups in total. The molecule has 2 rings (SSSR count). The van der Waals surface area contributed by atoms with Gasteiger partial charge in [0.1, 0.15) is 5.41 Å². The third kappa shape index (κ3) is 1.66. The Labute approximate surface area is 86.0 Å². The molecule has 0 radical (unpaired) electrons. The van der Waals surface area contributed by atoms with E-state index < -0.39 is 5.41 Å². The van der Waals surface area contributed by atoms with Gasteiger partial charge in [-0.3, -0.25) is 9.52 Å². The van der Waals surface area contributed by atoms with Gasteiger partial charge in [-0.15, -0.1) is 0 Å². The molecule has 1 aliphatic carbocycles. The van der Waals surface area contributed by atoms with Gasteiger partial charge in [0.15, 0.2) is 0 Å². The van der Waals surface area contributed by atoms with Crippen LogP contribution in [0.15, 0.2) is 10.5 Å². The molecule has 0 spiro atoms. The highest BCUT2D eigenvalue weighted by Crippen LogP contribution is 2.45. The van der Waals surface area contributed by atoms with E-state index in [2.05, 4.69) is 9.12 Å². The summed E-state index contributed by atoms with van der Waals surface area (Å²) >= 11 is 1.00. The fourth-order valence-corrected chi connectivity index (χ4v) is 1.61. The fourth-order valence-electron chi connectivity index (χ4n) is 0.993. The Morgan fingerprint density at radius 3 is 2.86 bits per heavy atom. The van der Waals surface area contributed by atoms with Crippen LogP contribution in [-0.2, 0) is 4.79 Å². The number of carbonyl (C=O) groups is 1. The van der Waals surface area contributed by atoms with E-state index in [0.717, 1.165) is 23.1 Å². The Balaban J connectivity index is 1.83. The predicted molar refractivity (Wildman–Crippen MR) is 52.1 cm³/mol. The predicted octanol–water partition coefficient (Wildman–Crippen LogP) is 0.754. The van der Waals surface area contributed by atoms with Crippen molar-refractivity contribution < 1.29 is 4.79 Å². The Morgan fingerprint density at radius 2 is 2.43 bits per heavy atom. The summed E-state index contributed by atoms with van der Waals surface area (Å²) in [6.07, 6.45) is 1.34. The fraction of sp³-hybridized carbons (Fsp3) is 0.444. The maximum Gasteiger partial charge on any atom is 0.251 e. The molecule has 0 unspecified atom stereocenters. The number of amides is 1. The van der Waals surface area contributed by atoms with E-state index in [-0.39, 0.29) is 5.91 Å². The molecule has 0 heterocycles. The van der Waals surface area contributed by atoms with Crippen molar-refractivity contribution in [1.82, 2.24) is 4.72 Å². The monoisotopic (exact) mass is 207 g/mol. The average molecular weight is 207 g/mol. The van der Waals surface area contributed by atoms with Crippen LogP contribution >= 0.6 is 12.1 Å². The van der Waals surface area contributed by atoms with Gasteiger partial charge < -0.3 is 0 Å². The third-order valence-electron chi connectivity index (χ3n) is 2.35. The second-order valence-electron chi connectivity index (χ2n) is 3.52. The first-order chi connectivity index (χ1) is 6.68. The van der Waals surface area contributed by atoms with E-state index >= 15 is 0 Å². The molecular formula is C9H9N3OS. The lowest BCUT2D eigenvalue weighted by atomic mass is 10.1. The molecule has 4 nitrogen and oxygen atoms in total. The summed E-state index contributed by atoms with van der Waals surface area (Å²) in [7, 11) is 0. The molecule has 0 atom stereocenters.